The Hall–Kier alpha value is -2.38. The standard InChI is InChI=1S/C12H11F3N4O/c1-20-10-6-8(2-4-16-10)7-18-11-17-5-3-9(19-11)12(13,14)15/h2-6H,7H2,1H3,(H,17,18,19). The van der Waals surface area contributed by atoms with Crippen LogP contribution in [0.25, 0.3) is 0 Å². The summed E-state index contributed by atoms with van der Waals surface area (Å²) >= 11 is 0. The van der Waals surface area contributed by atoms with Crippen LogP contribution in [-0.4, -0.2) is 22.1 Å². The first kappa shape index (κ1) is 14.0. The van der Waals surface area contributed by atoms with Crippen LogP contribution in [0.15, 0.2) is 30.6 Å². The molecule has 0 amide bonds. The number of methoxy groups -OCH3 is 1. The van der Waals surface area contributed by atoms with Crippen LogP contribution in [0.2, 0.25) is 0 Å². The molecule has 2 aromatic rings. The first-order chi connectivity index (χ1) is 9.49. The Morgan fingerprint density at radius 1 is 1.20 bits per heavy atom. The van der Waals surface area contributed by atoms with Gasteiger partial charge in [-0.3, -0.25) is 0 Å². The maximum absolute atomic E-state index is 12.5. The number of alkyl halides is 3. The molecule has 106 valence electrons. The topological polar surface area (TPSA) is 59.9 Å². The van der Waals surface area contributed by atoms with Crippen LogP contribution >= 0.6 is 0 Å². The van der Waals surface area contributed by atoms with Crippen LogP contribution in [0.1, 0.15) is 11.3 Å². The third-order valence-corrected chi connectivity index (χ3v) is 2.41. The van der Waals surface area contributed by atoms with Gasteiger partial charge in [0, 0.05) is 25.0 Å². The minimum Gasteiger partial charge on any atom is -0.481 e. The number of hydrogen-bond donors (Lipinski definition) is 1. The van der Waals surface area contributed by atoms with E-state index in [1.807, 2.05) is 0 Å². The summed E-state index contributed by atoms with van der Waals surface area (Å²) in [4.78, 5) is 11.1. The van der Waals surface area contributed by atoms with Gasteiger partial charge in [-0.05, 0) is 17.7 Å². The van der Waals surface area contributed by atoms with Gasteiger partial charge in [-0.15, -0.1) is 0 Å². The first-order valence-corrected chi connectivity index (χ1v) is 5.62. The molecule has 0 bridgehead atoms. The van der Waals surface area contributed by atoms with Crippen LogP contribution < -0.4 is 10.1 Å². The molecule has 1 N–H and O–H groups in total. The molecule has 2 rings (SSSR count). The maximum atomic E-state index is 12.5. The quantitative estimate of drug-likeness (QED) is 0.934. The highest BCUT2D eigenvalue weighted by Crippen LogP contribution is 2.27. The smallest absolute Gasteiger partial charge is 0.433 e. The van der Waals surface area contributed by atoms with E-state index >= 15 is 0 Å². The zero-order chi connectivity index (χ0) is 14.6. The van der Waals surface area contributed by atoms with E-state index in [0.29, 0.717) is 5.88 Å². The number of halogens is 3. The van der Waals surface area contributed by atoms with Crippen molar-refractivity contribution in [3.63, 3.8) is 0 Å². The summed E-state index contributed by atoms with van der Waals surface area (Å²) < 4.78 is 42.4. The predicted molar refractivity (Wildman–Crippen MR) is 65.1 cm³/mol. The molecular formula is C12H11F3N4O. The Balaban J connectivity index is 2.07. The summed E-state index contributed by atoms with van der Waals surface area (Å²) in [5.41, 5.74) is -0.194. The fourth-order valence-electron chi connectivity index (χ4n) is 1.45. The summed E-state index contributed by atoms with van der Waals surface area (Å²) in [6, 6.07) is 4.20. The second-order valence-electron chi connectivity index (χ2n) is 3.82. The lowest BCUT2D eigenvalue weighted by atomic mass is 10.2. The summed E-state index contributed by atoms with van der Waals surface area (Å²) in [6.07, 6.45) is -1.88. The number of anilines is 1. The van der Waals surface area contributed by atoms with Crippen molar-refractivity contribution in [1.29, 1.82) is 0 Å². The van der Waals surface area contributed by atoms with Gasteiger partial charge in [0.25, 0.3) is 0 Å². The number of aromatic nitrogens is 3. The number of pyridine rings is 1. The molecule has 8 heteroatoms. The number of ether oxygens (including phenoxy) is 1. The molecular weight excluding hydrogens is 273 g/mol. The Labute approximate surface area is 112 Å². The highest BCUT2D eigenvalue weighted by Gasteiger charge is 2.32. The molecule has 0 aliphatic rings. The van der Waals surface area contributed by atoms with E-state index in [9.17, 15) is 13.2 Å². The van der Waals surface area contributed by atoms with E-state index in [2.05, 4.69) is 20.3 Å². The fraction of sp³-hybridized carbons (Fsp3) is 0.250. The highest BCUT2D eigenvalue weighted by molar-refractivity contribution is 5.30. The molecule has 2 heterocycles. The van der Waals surface area contributed by atoms with Crippen molar-refractivity contribution < 1.29 is 17.9 Å². The van der Waals surface area contributed by atoms with Crippen molar-refractivity contribution >= 4 is 5.95 Å². The summed E-state index contributed by atoms with van der Waals surface area (Å²) in [5, 5.41) is 2.72. The third kappa shape index (κ3) is 3.56. The van der Waals surface area contributed by atoms with Crippen LogP contribution in [0.3, 0.4) is 0 Å². The zero-order valence-corrected chi connectivity index (χ0v) is 10.5. The largest absolute Gasteiger partial charge is 0.481 e. The van der Waals surface area contributed by atoms with E-state index in [-0.39, 0.29) is 12.5 Å². The second-order valence-corrected chi connectivity index (χ2v) is 3.82. The van der Waals surface area contributed by atoms with E-state index in [4.69, 9.17) is 4.74 Å². The van der Waals surface area contributed by atoms with E-state index in [1.54, 1.807) is 18.3 Å². The van der Waals surface area contributed by atoms with Gasteiger partial charge in [0.15, 0.2) is 0 Å². The van der Waals surface area contributed by atoms with Gasteiger partial charge in [0.05, 0.1) is 7.11 Å². The SMILES string of the molecule is COc1cc(CNc2nccc(C(F)(F)F)n2)ccn1. The Bertz CT molecular complexity index is 589. The molecule has 0 saturated heterocycles. The molecule has 0 atom stereocenters. The average molecular weight is 284 g/mol. The van der Waals surface area contributed by atoms with Gasteiger partial charge in [0.1, 0.15) is 5.69 Å². The van der Waals surface area contributed by atoms with Gasteiger partial charge in [-0.2, -0.15) is 13.2 Å². The van der Waals surface area contributed by atoms with Gasteiger partial charge in [0.2, 0.25) is 11.8 Å². The first-order valence-electron chi connectivity index (χ1n) is 5.62. The minimum absolute atomic E-state index is 0.0874. The van der Waals surface area contributed by atoms with Crippen molar-refractivity contribution in [2.45, 2.75) is 12.7 Å². The zero-order valence-electron chi connectivity index (χ0n) is 10.5. The maximum Gasteiger partial charge on any atom is 0.433 e. The number of rotatable bonds is 4. The van der Waals surface area contributed by atoms with Gasteiger partial charge >= 0.3 is 6.18 Å². The highest BCUT2D eigenvalue weighted by atomic mass is 19.4. The van der Waals surface area contributed by atoms with Gasteiger partial charge in [-0.25, -0.2) is 15.0 Å². The molecule has 0 aromatic carbocycles. The van der Waals surface area contributed by atoms with Crippen molar-refractivity contribution in [3.05, 3.63) is 41.9 Å². The average Bonchev–Trinajstić information content (AvgIpc) is 2.45. The number of nitrogens with zero attached hydrogens (tertiary/aromatic N) is 3. The van der Waals surface area contributed by atoms with E-state index in [1.165, 1.54) is 7.11 Å². The molecule has 0 radical (unpaired) electrons. The fourth-order valence-corrected chi connectivity index (χ4v) is 1.45. The van der Waals surface area contributed by atoms with Crippen molar-refractivity contribution in [3.8, 4) is 5.88 Å². The molecule has 5 nitrogen and oxygen atoms in total. The van der Waals surface area contributed by atoms with Gasteiger partial charge in [-0.1, -0.05) is 0 Å². The monoisotopic (exact) mass is 284 g/mol. The van der Waals surface area contributed by atoms with E-state index in [0.717, 1.165) is 17.8 Å². The molecule has 0 saturated carbocycles. The molecule has 20 heavy (non-hydrogen) atoms. The van der Waals surface area contributed by atoms with Gasteiger partial charge < -0.3 is 10.1 Å². The Morgan fingerprint density at radius 2 is 1.95 bits per heavy atom. The molecule has 0 aliphatic carbocycles. The lowest BCUT2D eigenvalue weighted by Gasteiger charge is -2.09. The Kier molecular flexibility index (Phi) is 4.02. The molecule has 2 aromatic heterocycles. The molecule has 0 unspecified atom stereocenters. The van der Waals surface area contributed by atoms with Crippen LogP contribution in [0.5, 0.6) is 5.88 Å². The lowest BCUT2D eigenvalue weighted by Crippen LogP contribution is -2.11. The number of nitrogens with one attached hydrogen (secondary N) is 1. The normalized spacial score (nSPS) is 11.2. The molecule has 0 spiro atoms. The second kappa shape index (κ2) is 5.72. The number of hydrogen-bond acceptors (Lipinski definition) is 5. The third-order valence-electron chi connectivity index (χ3n) is 2.41. The van der Waals surface area contributed by atoms with Crippen LogP contribution in [-0.2, 0) is 12.7 Å². The summed E-state index contributed by atoms with van der Waals surface area (Å²) in [6.45, 7) is 0.264. The summed E-state index contributed by atoms with van der Waals surface area (Å²) in [7, 11) is 1.48. The molecule has 0 aliphatic heterocycles. The van der Waals surface area contributed by atoms with Crippen molar-refractivity contribution in [2.24, 2.45) is 0 Å². The van der Waals surface area contributed by atoms with Crippen molar-refractivity contribution in [2.75, 3.05) is 12.4 Å². The minimum atomic E-state index is -4.49. The van der Waals surface area contributed by atoms with Crippen LogP contribution in [0, 0.1) is 0 Å². The van der Waals surface area contributed by atoms with Crippen LogP contribution in [0.4, 0.5) is 19.1 Å². The van der Waals surface area contributed by atoms with Crippen molar-refractivity contribution in [1.82, 2.24) is 15.0 Å². The lowest BCUT2D eigenvalue weighted by molar-refractivity contribution is -0.141. The van der Waals surface area contributed by atoms with E-state index < -0.39 is 11.9 Å². The Morgan fingerprint density at radius 3 is 2.65 bits per heavy atom. The summed E-state index contributed by atoms with van der Waals surface area (Å²) in [5.74, 6) is 0.338. The molecule has 0 fully saturated rings. The predicted octanol–water partition coefficient (Wildman–Crippen LogP) is 2.51.